The summed E-state index contributed by atoms with van der Waals surface area (Å²) in [6.45, 7) is 6.30. The van der Waals surface area contributed by atoms with E-state index in [-0.39, 0.29) is 5.91 Å². The average Bonchev–Trinajstić information content (AvgIpc) is 3.11. The monoisotopic (exact) mass is 496 g/mol. The number of aryl methyl sites for hydroxylation is 1. The largest absolute Gasteiger partial charge is 0.322 e. The van der Waals surface area contributed by atoms with Crippen LogP contribution < -0.4 is 5.32 Å². The zero-order valence-corrected chi connectivity index (χ0v) is 18.6. The standard InChI is InChI=1S/C23H21IN4O/c1-14(2)16-7-9-19(10-8-16)28-26-21-11-15(3)20(13-22(21)27-28)25-23(29)17-5-4-6-18(24)12-17/h4-14H,1-3H3,(H,25,29). The molecule has 0 spiro atoms. The summed E-state index contributed by atoms with van der Waals surface area (Å²) >= 11 is 2.20. The Morgan fingerprint density at radius 3 is 2.34 bits per heavy atom. The van der Waals surface area contributed by atoms with E-state index in [1.165, 1.54) is 5.56 Å². The lowest BCUT2D eigenvalue weighted by atomic mass is 10.0. The van der Waals surface area contributed by atoms with Crippen molar-refractivity contribution in [3.05, 3.63) is 80.9 Å². The van der Waals surface area contributed by atoms with Crippen LogP contribution in [0.5, 0.6) is 0 Å². The van der Waals surface area contributed by atoms with Gasteiger partial charge in [0.15, 0.2) is 0 Å². The minimum absolute atomic E-state index is 0.136. The van der Waals surface area contributed by atoms with Crippen LogP contribution >= 0.6 is 22.6 Å². The van der Waals surface area contributed by atoms with Gasteiger partial charge in [-0.05, 0) is 89.0 Å². The molecule has 0 saturated heterocycles. The zero-order valence-electron chi connectivity index (χ0n) is 16.5. The number of hydrogen-bond donors (Lipinski definition) is 1. The van der Waals surface area contributed by atoms with E-state index in [1.807, 2.05) is 55.5 Å². The van der Waals surface area contributed by atoms with Gasteiger partial charge in [-0.1, -0.05) is 32.0 Å². The Labute approximate surface area is 183 Å². The molecule has 3 aromatic carbocycles. The Morgan fingerprint density at radius 1 is 1.00 bits per heavy atom. The number of nitrogens with one attached hydrogen (secondary N) is 1. The molecule has 1 heterocycles. The van der Waals surface area contributed by atoms with Crippen LogP contribution in [0.2, 0.25) is 0 Å². The molecule has 0 bridgehead atoms. The van der Waals surface area contributed by atoms with Crippen molar-refractivity contribution in [2.75, 3.05) is 5.32 Å². The number of carbonyl (C=O) groups excluding carboxylic acids is 1. The number of amides is 1. The van der Waals surface area contributed by atoms with Gasteiger partial charge in [0.1, 0.15) is 11.0 Å². The Kier molecular flexibility index (Phi) is 5.36. The fraction of sp³-hybridized carbons (Fsp3) is 0.174. The predicted octanol–water partition coefficient (Wildman–Crippen LogP) is 5.71. The van der Waals surface area contributed by atoms with E-state index in [4.69, 9.17) is 0 Å². The molecule has 0 radical (unpaired) electrons. The molecule has 6 heteroatoms. The maximum Gasteiger partial charge on any atom is 0.255 e. The highest BCUT2D eigenvalue weighted by molar-refractivity contribution is 14.1. The van der Waals surface area contributed by atoms with Crippen molar-refractivity contribution in [2.45, 2.75) is 26.7 Å². The Morgan fingerprint density at radius 2 is 1.69 bits per heavy atom. The molecule has 4 rings (SSSR count). The molecule has 1 N–H and O–H groups in total. The number of hydrogen-bond acceptors (Lipinski definition) is 3. The van der Waals surface area contributed by atoms with Crippen molar-refractivity contribution in [3.63, 3.8) is 0 Å². The molecule has 0 saturated carbocycles. The molecule has 0 unspecified atom stereocenters. The van der Waals surface area contributed by atoms with Crippen LogP contribution in [0.3, 0.4) is 0 Å². The van der Waals surface area contributed by atoms with Gasteiger partial charge in [-0.3, -0.25) is 4.79 Å². The SMILES string of the molecule is Cc1cc2nn(-c3ccc(C(C)C)cc3)nc2cc1NC(=O)c1cccc(I)c1. The molecule has 5 nitrogen and oxygen atoms in total. The lowest BCUT2D eigenvalue weighted by molar-refractivity contribution is 0.102. The van der Waals surface area contributed by atoms with Crippen LogP contribution in [-0.2, 0) is 0 Å². The van der Waals surface area contributed by atoms with E-state index in [9.17, 15) is 4.79 Å². The molecular formula is C23H21IN4O. The van der Waals surface area contributed by atoms with Gasteiger partial charge in [0.05, 0.1) is 5.69 Å². The topological polar surface area (TPSA) is 59.8 Å². The maximum absolute atomic E-state index is 12.6. The van der Waals surface area contributed by atoms with Crippen LogP contribution in [0.15, 0.2) is 60.7 Å². The predicted molar refractivity (Wildman–Crippen MR) is 125 cm³/mol. The van der Waals surface area contributed by atoms with Gasteiger partial charge in [-0.25, -0.2) is 0 Å². The second kappa shape index (κ2) is 7.94. The molecule has 0 atom stereocenters. The molecule has 0 aliphatic heterocycles. The first-order valence-electron chi connectivity index (χ1n) is 9.45. The Bertz CT molecular complexity index is 1200. The van der Waals surface area contributed by atoms with Crippen molar-refractivity contribution in [1.82, 2.24) is 15.0 Å². The maximum atomic E-state index is 12.6. The van der Waals surface area contributed by atoms with Crippen LogP contribution in [-0.4, -0.2) is 20.9 Å². The molecule has 4 aromatic rings. The van der Waals surface area contributed by atoms with Gasteiger partial charge < -0.3 is 5.32 Å². The normalized spacial score (nSPS) is 11.2. The van der Waals surface area contributed by atoms with Crippen molar-refractivity contribution >= 4 is 45.2 Å². The molecule has 0 aliphatic rings. The molecule has 0 aliphatic carbocycles. The molecule has 1 amide bonds. The third-order valence-electron chi connectivity index (χ3n) is 4.85. The quantitative estimate of drug-likeness (QED) is 0.369. The van der Waals surface area contributed by atoms with Gasteiger partial charge >= 0.3 is 0 Å². The number of carbonyl (C=O) groups is 1. The number of nitrogens with zero attached hydrogens (tertiary/aromatic N) is 3. The second-order valence-electron chi connectivity index (χ2n) is 7.36. The Hall–Kier alpha value is -2.74. The highest BCUT2D eigenvalue weighted by atomic mass is 127. The Balaban J connectivity index is 1.64. The van der Waals surface area contributed by atoms with Crippen molar-refractivity contribution in [1.29, 1.82) is 0 Å². The summed E-state index contributed by atoms with van der Waals surface area (Å²) in [5.41, 5.74) is 6.03. The minimum Gasteiger partial charge on any atom is -0.322 e. The summed E-state index contributed by atoms with van der Waals surface area (Å²) in [5, 5.41) is 12.2. The van der Waals surface area contributed by atoms with E-state index >= 15 is 0 Å². The second-order valence-corrected chi connectivity index (χ2v) is 8.60. The van der Waals surface area contributed by atoms with E-state index in [2.05, 4.69) is 64.1 Å². The summed E-state index contributed by atoms with van der Waals surface area (Å²) in [6.07, 6.45) is 0. The van der Waals surface area contributed by atoms with Crippen molar-refractivity contribution in [2.24, 2.45) is 0 Å². The van der Waals surface area contributed by atoms with Gasteiger partial charge in [0, 0.05) is 14.8 Å². The van der Waals surface area contributed by atoms with Gasteiger partial charge in [-0.15, -0.1) is 10.2 Å². The third kappa shape index (κ3) is 4.17. The summed E-state index contributed by atoms with van der Waals surface area (Å²) in [7, 11) is 0. The molecule has 29 heavy (non-hydrogen) atoms. The lowest BCUT2D eigenvalue weighted by Gasteiger charge is -2.08. The van der Waals surface area contributed by atoms with Crippen LogP contribution in [0.4, 0.5) is 5.69 Å². The number of benzene rings is 3. The first-order chi connectivity index (χ1) is 13.9. The summed E-state index contributed by atoms with van der Waals surface area (Å²) < 4.78 is 1.02. The number of aromatic nitrogens is 3. The zero-order chi connectivity index (χ0) is 20.5. The first-order valence-corrected chi connectivity index (χ1v) is 10.5. The van der Waals surface area contributed by atoms with E-state index < -0.39 is 0 Å². The molecule has 146 valence electrons. The van der Waals surface area contributed by atoms with Gasteiger partial charge in [0.25, 0.3) is 5.91 Å². The van der Waals surface area contributed by atoms with Crippen molar-refractivity contribution in [3.8, 4) is 5.69 Å². The smallest absolute Gasteiger partial charge is 0.255 e. The molecule has 1 aromatic heterocycles. The van der Waals surface area contributed by atoms with E-state index in [0.29, 0.717) is 11.5 Å². The number of fused-ring (bicyclic) bond motifs is 1. The number of rotatable bonds is 4. The number of halogens is 1. The third-order valence-corrected chi connectivity index (χ3v) is 5.52. The molecule has 0 fully saturated rings. The lowest BCUT2D eigenvalue weighted by Crippen LogP contribution is -2.12. The highest BCUT2D eigenvalue weighted by Crippen LogP contribution is 2.23. The van der Waals surface area contributed by atoms with Crippen molar-refractivity contribution < 1.29 is 4.79 Å². The minimum atomic E-state index is -0.136. The summed E-state index contributed by atoms with van der Waals surface area (Å²) in [5.74, 6) is 0.345. The average molecular weight is 496 g/mol. The van der Waals surface area contributed by atoms with E-state index in [1.54, 1.807) is 4.80 Å². The fourth-order valence-corrected chi connectivity index (χ4v) is 3.68. The van der Waals surface area contributed by atoms with Gasteiger partial charge in [-0.2, -0.15) is 4.80 Å². The summed E-state index contributed by atoms with van der Waals surface area (Å²) in [6, 6.07) is 19.6. The van der Waals surface area contributed by atoms with Gasteiger partial charge in [0.2, 0.25) is 0 Å². The number of anilines is 1. The molecular weight excluding hydrogens is 475 g/mol. The summed E-state index contributed by atoms with van der Waals surface area (Å²) in [4.78, 5) is 14.3. The first kappa shape index (κ1) is 19.6. The van der Waals surface area contributed by atoms with Crippen LogP contribution in [0, 0.1) is 10.5 Å². The van der Waals surface area contributed by atoms with Crippen LogP contribution in [0.1, 0.15) is 41.3 Å². The van der Waals surface area contributed by atoms with E-state index in [0.717, 1.165) is 31.5 Å². The van der Waals surface area contributed by atoms with Crippen LogP contribution in [0.25, 0.3) is 16.7 Å². The highest BCUT2D eigenvalue weighted by Gasteiger charge is 2.12. The fourth-order valence-electron chi connectivity index (χ4n) is 3.13.